The smallest absolute Gasteiger partial charge is 0.317 e. The van der Waals surface area contributed by atoms with E-state index in [9.17, 15) is 9.59 Å². The average Bonchev–Trinajstić information content (AvgIpc) is 3.37. The van der Waals surface area contributed by atoms with Gasteiger partial charge in [0.05, 0.1) is 6.54 Å². The number of hydrogen-bond donors (Lipinski definition) is 2. The first-order valence-electron chi connectivity index (χ1n) is 10.1. The summed E-state index contributed by atoms with van der Waals surface area (Å²) < 4.78 is 0. The van der Waals surface area contributed by atoms with Crippen LogP contribution in [0.5, 0.6) is 0 Å². The summed E-state index contributed by atoms with van der Waals surface area (Å²) in [5, 5.41) is 10.1. The van der Waals surface area contributed by atoms with Gasteiger partial charge in [-0.3, -0.25) is 9.78 Å². The van der Waals surface area contributed by atoms with E-state index in [0.29, 0.717) is 37.8 Å². The summed E-state index contributed by atoms with van der Waals surface area (Å²) in [7, 11) is 0. The van der Waals surface area contributed by atoms with Gasteiger partial charge in [0.1, 0.15) is 5.71 Å². The number of pyridine rings is 1. The molecule has 8 nitrogen and oxygen atoms in total. The van der Waals surface area contributed by atoms with Crippen LogP contribution in [0.2, 0.25) is 0 Å². The third kappa shape index (κ3) is 4.26. The first-order chi connectivity index (χ1) is 13.6. The lowest BCUT2D eigenvalue weighted by molar-refractivity contribution is -0.115. The summed E-state index contributed by atoms with van der Waals surface area (Å²) in [6, 6.07) is 3.98. The van der Waals surface area contributed by atoms with Crippen LogP contribution < -0.4 is 10.6 Å². The fourth-order valence-corrected chi connectivity index (χ4v) is 4.25. The Morgan fingerprint density at radius 1 is 1.21 bits per heavy atom. The molecule has 2 N–H and O–H groups in total. The Balaban J connectivity index is 1.29. The highest BCUT2D eigenvalue weighted by Crippen LogP contribution is 2.33. The van der Waals surface area contributed by atoms with Crippen molar-refractivity contribution in [3.05, 3.63) is 30.1 Å². The standard InChI is InChI=1S/C20H27N5O3/c26-18(22-13-15-6-9-21-10-7-15)17-12-20(28-24-17)8-3-11-25(14-20)19(27)23-16-4-1-2-5-16/h6-7,9-10,16H,1-5,8,11-14H2,(H,22,26)(H,23,27). The van der Waals surface area contributed by atoms with Gasteiger partial charge in [-0.2, -0.15) is 0 Å². The Hall–Kier alpha value is -2.64. The number of likely N-dealkylation sites (tertiary alicyclic amines) is 1. The Bertz CT molecular complexity index is 747. The largest absolute Gasteiger partial charge is 0.386 e. The second kappa shape index (κ2) is 8.16. The SMILES string of the molecule is O=C(NCc1ccncc1)C1=NOC2(CCCN(C(=O)NC3CCCC3)C2)C1. The molecule has 1 aromatic rings. The van der Waals surface area contributed by atoms with E-state index in [0.717, 1.165) is 31.2 Å². The zero-order valence-electron chi connectivity index (χ0n) is 16.0. The van der Waals surface area contributed by atoms with E-state index in [1.165, 1.54) is 12.8 Å². The van der Waals surface area contributed by atoms with Crippen LogP contribution in [0, 0.1) is 0 Å². The van der Waals surface area contributed by atoms with Gasteiger partial charge in [0.25, 0.3) is 5.91 Å². The second-order valence-corrected chi connectivity index (χ2v) is 7.98. The molecular formula is C20H27N5O3. The Labute approximate surface area is 164 Å². The first kappa shape index (κ1) is 18.7. The highest BCUT2D eigenvalue weighted by Gasteiger charge is 2.45. The van der Waals surface area contributed by atoms with Gasteiger partial charge in [0.2, 0.25) is 0 Å². The van der Waals surface area contributed by atoms with Crippen molar-refractivity contribution < 1.29 is 14.4 Å². The molecule has 2 fully saturated rings. The van der Waals surface area contributed by atoms with Crippen molar-refractivity contribution in [3.63, 3.8) is 0 Å². The number of carbonyl (C=O) groups excluding carboxylic acids is 2. The van der Waals surface area contributed by atoms with Crippen LogP contribution in [0.4, 0.5) is 4.79 Å². The molecule has 8 heteroatoms. The number of carbonyl (C=O) groups is 2. The van der Waals surface area contributed by atoms with Gasteiger partial charge in [-0.15, -0.1) is 0 Å². The van der Waals surface area contributed by atoms with E-state index in [2.05, 4.69) is 20.8 Å². The molecule has 28 heavy (non-hydrogen) atoms. The molecule has 2 aliphatic heterocycles. The molecule has 4 rings (SSSR count). The molecule has 1 saturated carbocycles. The van der Waals surface area contributed by atoms with Crippen LogP contribution in [0.25, 0.3) is 0 Å². The molecule has 1 aliphatic carbocycles. The molecular weight excluding hydrogens is 358 g/mol. The molecule has 1 aromatic heterocycles. The van der Waals surface area contributed by atoms with Crippen molar-refractivity contribution in [3.8, 4) is 0 Å². The Kier molecular flexibility index (Phi) is 5.45. The van der Waals surface area contributed by atoms with Gasteiger partial charge >= 0.3 is 6.03 Å². The highest BCUT2D eigenvalue weighted by molar-refractivity contribution is 6.39. The minimum Gasteiger partial charge on any atom is -0.386 e. The van der Waals surface area contributed by atoms with Crippen molar-refractivity contribution in [2.75, 3.05) is 13.1 Å². The Morgan fingerprint density at radius 3 is 2.79 bits per heavy atom. The Morgan fingerprint density at radius 2 is 2.00 bits per heavy atom. The molecule has 0 bridgehead atoms. The third-order valence-electron chi connectivity index (χ3n) is 5.81. The van der Waals surface area contributed by atoms with Gasteiger partial charge in [0.15, 0.2) is 5.60 Å². The van der Waals surface area contributed by atoms with E-state index in [1.807, 2.05) is 17.0 Å². The van der Waals surface area contributed by atoms with Crippen molar-refractivity contribution in [2.45, 2.75) is 63.1 Å². The molecule has 0 radical (unpaired) electrons. The van der Waals surface area contributed by atoms with E-state index >= 15 is 0 Å². The van der Waals surface area contributed by atoms with Crippen LogP contribution in [-0.2, 0) is 16.2 Å². The maximum atomic E-state index is 12.6. The van der Waals surface area contributed by atoms with E-state index < -0.39 is 5.60 Å². The average molecular weight is 385 g/mol. The summed E-state index contributed by atoms with van der Waals surface area (Å²) >= 11 is 0. The summed E-state index contributed by atoms with van der Waals surface area (Å²) in [6.07, 6.45) is 9.96. The van der Waals surface area contributed by atoms with E-state index in [-0.39, 0.29) is 11.9 Å². The van der Waals surface area contributed by atoms with Crippen molar-refractivity contribution in [1.82, 2.24) is 20.5 Å². The molecule has 1 spiro atoms. The number of hydrogen-bond acceptors (Lipinski definition) is 5. The van der Waals surface area contributed by atoms with Gasteiger partial charge in [0, 0.05) is 37.9 Å². The lowest BCUT2D eigenvalue weighted by atomic mass is 9.88. The van der Waals surface area contributed by atoms with Gasteiger partial charge < -0.3 is 20.4 Å². The van der Waals surface area contributed by atoms with Crippen LogP contribution in [0.15, 0.2) is 29.7 Å². The number of urea groups is 1. The predicted octanol–water partition coefficient (Wildman–Crippen LogP) is 1.96. The number of oxime groups is 1. The number of nitrogens with one attached hydrogen (secondary N) is 2. The normalized spacial score (nSPS) is 24.7. The maximum Gasteiger partial charge on any atom is 0.317 e. The number of rotatable bonds is 4. The van der Waals surface area contributed by atoms with Gasteiger partial charge in [-0.1, -0.05) is 18.0 Å². The minimum atomic E-state index is -0.575. The lowest BCUT2D eigenvalue weighted by Crippen LogP contribution is -2.54. The summed E-state index contributed by atoms with van der Waals surface area (Å²) in [6.45, 7) is 1.60. The molecule has 3 aliphatic rings. The fourth-order valence-electron chi connectivity index (χ4n) is 4.25. The number of amides is 3. The number of piperidine rings is 1. The minimum absolute atomic E-state index is 0.0230. The molecule has 3 heterocycles. The fraction of sp³-hybridized carbons (Fsp3) is 0.600. The second-order valence-electron chi connectivity index (χ2n) is 7.98. The monoisotopic (exact) mass is 385 g/mol. The predicted molar refractivity (Wildman–Crippen MR) is 104 cm³/mol. The number of aromatic nitrogens is 1. The van der Waals surface area contributed by atoms with Gasteiger partial charge in [-0.05, 0) is 43.4 Å². The van der Waals surface area contributed by atoms with Crippen LogP contribution >= 0.6 is 0 Å². The van der Waals surface area contributed by atoms with Crippen molar-refractivity contribution in [1.29, 1.82) is 0 Å². The first-order valence-corrected chi connectivity index (χ1v) is 10.1. The van der Waals surface area contributed by atoms with Crippen LogP contribution in [0.1, 0.15) is 50.5 Å². The molecule has 150 valence electrons. The topological polar surface area (TPSA) is 95.9 Å². The van der Waals surface area contributed by atoms with Crippen molar-refractivity contribution >= 4 is 17.6 Å². The van der Waals surface area contributed by atoms with E-state index in [4.69, 9.17) is 4.84 Å². The summed E-state index contributed by atoms with van der Waals surface area (Å²) in [5.41, 5.74) is 0.798. The molecule has 1 atom stereocenters. The molecule has 1 unspecified atom stereocenters. The summed E-state index contributed by atoms with van der Waals surface area (Å²) in [5.74, 6) is -0.221. The summed E-state index contributed by atoms with van der Waals surface area (Å²) in [4.78, 5) is 36.6. The molecule has 1 saturated heterocycles. The van der Waals surface area contributed by atoms with Crippen LogP contribution in [0.3, 0.4) is 0 Å². The van der Waals surface area contributed by atoms with Crippen molar-refractivity contribution in [2.24, 2.45) is 5.16 Å². The highest BCUT2D eigenvalue weighted by atomic mass is 16.7. The third-order valence-corrected chi connectivity index (χ3v) is 5.81. The van der Waals surface area contributed by atoms with E-state index in [1.54, 1.807) is 12.4 Å². The van der Waals surface area contributed by atoms with Crippen LogP contribution in [-0.4, -0.2) is 52.3 Å². The molecule has 3 amide bonds. The quantitative estimate of drug-likeness (QED) is 0.828. The molecule has 0 aromatic carbocycles. The maximum absolute atomic E-state index is 12.6. The lowest BCUT2D eigenvalue weighted by Gasteiger charge is -2.38. The zero-order chi connectivity index (χ0) is 19.4. The zero-order valence-corrected chi connectivity index (χ0v) is 16.0. The number of nitrogens with zero attached hydrogens (tertiary/aromatic N) is 3. The van der Waals surface area contributed by atoms with Gasteiger partial charge in [-0.25, -0.2) is 4.79 Å².